The van der Waals surface area contributed by atoms with Gasteiger partial charge in [-0.05, 0) is 0 Å². The molecule has 3 N–H and O–H groups in total. The minimum atomic E-state index is 0.159. The summed E-state index contributed by atoms with van der Waals surface area (Å²) in [6.45, 7) is 4.00. The number of imidazole rings is 1. The van der Waals surface area contributed by atoms with Crippen LogP contribution in [0.1, 0.15) is 13.8 Å². The van der Waals surface area contributed by atoms with Gasteiger partial charge in [0, 0.05) is 0 Å². The number of aromatic amines is 1. The van der Waals surface area contributed by atoms with Crippen molar-refractivity contribution in [2.45, 2.75) is 13.8 Å². The van der Waals surface area contributed by atoms with Crippen molar-refractivity contribution in [1.82, 2.24) is 19.9 Å². The van der Waals surface area contributed by atoms with Crippen molar-refractivity contribution >= 4 is 17.1 Å². The van der Waals surface area contributed by atoms with Crippen molar-refractivity contribution < 1.29 is 4.74 Å². The molecular formula is C8H13N5O. The number of nitrogens with two attached hydrogens (primary N) is 1. The van der Waals surface area contributed by atoms with Crippen LogP contribution in [-0.2, 0) is 0 Å². The van der Waals surface area contributed by atoms with Gasteiger partial charge in [0.25, 0.3) is 0 Å². The molecule has 14 heavy (non-hydrogen) atoms. The van der Waals surface area contributed by atoms with Crippen molar-refractivity contribution in [1.29, 1.82) is 0 Å². The van der Waals surface area contributed by atoms with E-state index in [1.165, 1.54) is 13.4 Å². The number of nitrogen functional groups attached to an aromatic ring is 1. The summed E-state index contributed by atoms with van der Waals surface area (Å²) in [5, 5.41) is 0. The molecular weight excluding hydrogens is 182 g/mol. The lowest BCUT2D eigenvalue weighted by Crippen LogP contribution is -1.98. The van der Waals surface area contributed by atoms with Crippen LogP contribution in [0.15, 0.2) is 6.33 Å². The Labute approximate surface area is 81.5 Å². The summed E-state index contributed by atoms with van der Waals surface area (Å²) in [7, 11) is 1.52. The number of rotatable bonds is 1. The number of nitrogens with one attached hydrogen (secondary N) is 1. The Balaban J connectivity index is 0.000000461. The molecule has 2 aromatic heterocycles. The second-order valence-corrected chi connectivity index (χ2v) is 2.19. The molecule has 0 saturated carbocycles. The zero-order chi connectivity index (χ0) is 10.6. The largest absolute Gasteiger partial charge is 0.479 e. The van der Waals surface area contributed by atoms with Crippen molar-refractivity contribution in [3.05, 3.63) is 6.33 Å². The van der Waals surface area contributed by atoms with Gasteiger partial charge in [-0.3, -0.25) is 0 Å². The maximum Gasteiger partial charge on any atom is 0.244 e. The Morgan fingerprint density at radius 1 is 1.36 bits per heavy atom. The van der Waals surface area contributed by atoms with E-state index in [-0.39, 0.29) is 5.95 Å². The van der Waals surface area contributed by atoms with Gasteiger partial charge in [-0.1, -0.05) is 13.8 Å². The van der Waals surface area contributed by atoms with Crippen LogP contribution in [0.3, 0.4) is 0 Å². The molecule has 0 spiro atoms. The minimum Gasteiger partial charge on any atom is -0.479 e. The Morgan fingerprint density at radius 3 is 2.71 bits per heavy atom. The van der Waals surface area contributed by atoms with Crippen LogP contribution in [-0.4, -0.2) is 27.0 Å². The molecule has 2 aromatic rings. The second-order valence-electron chi connectivity index (χ2n) is 2.19. The average Bonchev–Trinajstić information content (AvgIpc) is 2.67. The molecule has 0 saturated heterocycles. The lowest BCUT2D eigenvalue weighted by molar-refractivity contribution is 0.402. The molecule has 6 nitrogen and oxygen atoms in total. The molecule has 2 heterocycles. The molecule has 2 rings (SSSR count). The molecule has 0 aliphatic rings. The van der Waals surface area contributed by atoms with Gasteiger partial charge >= 0.3 is 0 Å². The number of aromatic nitrogens is 4. The van der Waals surface area contributed by atoms with Gasteiger partial charge in [-0.2, -0.15) is 9.97 Å². The molecule has 0 fully saturated rings. The van der Waals surface area contributed by atoms with E-state index < -0.39 is 0 Å². The molecule has 0 amide bonds. The number of anilines is 1. The fourth-order valence-electron chi connectivity index (χ4n) is 0.970. The highest BCUT2D eigenvalue weighted by atomic mass is 16.5. The summed E-state index contributed by atoms with van der Waals surface area (Å²) >= 11 is 0. The highest BCUT2D eigenvalue weighted by Gasteiger charge is 2.07. The normalized spacial score (nSPS) is 9.36. The van der Waals surface area contributed by atoms with E-state index >= 15 is 0 Å². The van der Waals surface area contributed by atoms with Crippen LogP contribution < -0.4 is 10.5 Å². The van der Waals surface area contributed by atoms with E-state index in [0.29, 0.717) is 17.0 Å². The van der Waals surface area contributed by atoms with Gasteiger partial charge in [0.05, 0.1) is 13.4 Å². The van der Waals surface area contributed by atoms with Crippen LogP contribution in [0.4, 0.5) is 5.95 Å². The van der Waals surface area contributed by atoms with Crippen molar-refractivity contribution in [2.24, 2.45) is 0 Å². The fourth-order valence-corrected chi connectivity index (χ4v) is 0.970. The first kappa shape index (κ1) is 10.2. The number of H-pyrrole nitrogens is 1. The highest BCUT2D eigenvalue weighted by Crippen LogP contribution is 2.18. The Hall–Kier alpha value is -1.85. The van der Waals surface area contributed by atoms with Gasteiger partial charge < -0.3 is 15.5 Å². The number of hydrogen-bond acceptors (Lipinski definition) is 5. The molecule has 0 atom stereocenters. The topological polar surface area (TPSA) is 89.7 Å². The smallest absolute Gasteiger partial charge is 0.244 e. The average molecular weight is 195 g/mol. The van der Waals surface area contributed by atoms with Gasteiger partial charge in [-0.15, -0.1) is 0 Å². The SMILES string of the molecule is CC.COc1nc(N)nc2nc[nH]c12. The van der Waals surface area contributed by atoms with Gasteiger partial charge in [-0.25, -0.2) is 4.98 Å². The predicted molar refractivity (Wildman–Crippen MR) is 54.0 cm³/mol. The standard InChI is InChI=1S/C6H7N5O.C2H6/c1-12-5-3-4(9-2-8-3)10-6(7)11-5;1-2/h2H,1H3,(H3,7,8,9,10,11);1-2H3. The van der Waals surface area contributed by atoms with Crippen molar-refractivity contribution in [2.75, 3.05) is 12.8 Å². The second kappa shape index (κ2) is 4.40. The molecule has 0 aliphatic carbocycles. The van der Waals surface area contributed by atoms with Crippen LogP contribution in [0.2, 0.25) is 0 Å². The van der Waals surface area contributed by atoms with Crippen molar-refractivity contribution in [3.63, 3.8) is 0 Å². The van der Waals surface area contributed by atoms with E-state index in [1.807, 2.05) is 13.8 Å². The number of methoxy groups -OCH3 is 1. The quantitative estimate of drug-likeness (QED) is 0.707. The molecule has 0 unspecified atom stereocenters. The Bertz CT molecular complexity index is 411. The fraction of sp³-hybridized carbons (Fsp3) is 0.375. The van der Waals surface area contributed by atoms with Crippen LogP contribution in [0.5, 0.6) is 5.88 Å². The monoisotopic (exact) mass is 195 g/mol. The van der Waals surface area contributed by atoms with E-state index in [9.17, 15) is 0 Å². The summed E-state index contributed by atoms with van der Waals surface area (Å²) < 4.78 is 4.96. The van der Waals surface area contributed by atoms with Gasteiger partial charge in [0.2, 0.25) is 11.8 Å². The number of fused-ring (bicyclic) bond motifs is 1. The Kier molecular flexibility index (Phi) is 3.22. The van der Waals surface area contributed by atoms with Crippen LogP contribution >= 0.6 is 0 Å². The summed E-state index contributed by atoms with van der Waals surface area (Å²) in [5.41, 5.74) is 6.58. The minimum absolute atomic E-state index is 0.159. The van der Waals surface area contributed by atoms with E-state index in [2.05, 4.69) is 19.9 Å². The molecule has 6 heteroatoms. The highest BCUT2D eigenvalue weighted by molar-refractivity contribution is 5.76. The maximum absolute atomic E-state index is 5.40. The first-order chi connectivity index (χ1) is 6.81. The van der Waals surface area contributed by atoms with Gasteiger partial charge in [0.15, 0.2) is 5.65 Å². The van der Waals surface area contributed by atoms with Crippen LogP contribution in [0, 0.1) is 0 Å². The van der Waals surface area contributed by atoms with E-state index in [4.69, 9.17) is 10.5 Å². The lowest BCUT2D eigenvalue weighted by Gasteiger charge is -1.99. The number of ether oxygens (including phenoxy) is 1. The summed E-state index contributed by atoms with van der Waals surface area (Å²) in [6, 6.07) is 0. The number of nitrogens with zero attached hydrogens (tertiary/aromatic N) is 3. The number of hydrogen-bond donors (Lipinski definition) is 2. The third-order valence-corrected chi connectivity index (χ3v) is 1.46. The van der Waals surface area contributed by atoms with E-state index in [1.54, 1.807) is 0 Å². The molecule has 76 valence electrons. The summed E-state index contributed by atoms with van der Waals surface area (Å²) in [5.74, 6) is 0.571. The molecule has 0 bridgehead atoms. The zero-order valence-corrected chi connectivity index (χ0v) is 8.40. The Morgan fingerprint density at radius 2 is 2.07 bits per heavy atom. The van der Waals surface area contributed by atoms with E-state index in [0.717, 1.165) is 0 Å². The first-order valence-corrected chi connectivity index (χ1v) is 4.32. The molecule has 0 radical (unpaired) electrons. The van der Waals surface area contributed by atoms with Crippen LogP contribution in [0.25, 0.3) is 11.2 Å². The zero-order valence-electron chi connectivity index (χ0n) is 8.40. The van der Waals surface area contributed by atoms with Gasteiger partial charge in [0.1, 0.15) is 5.52 Å². The summed E-state index contributed by atoms with van der Waals surface area (Å²) in [4.78, 5) is 14.5. The third kappa shape index (κ3) is 1.73. The summed E-state index contributed by atoms with van der Waals surface area (Å²) in [6.07, 6.45) is 1.52. The molecule has 0 aromatic carbocycles. The first-order valence-electron chi connectivity index (χ1n) is 4.32. The lowest BCUT2D eigenvalue weighted by atomic mass is 10.5. The predicted octanol–water partition coefficient (Wildman–Crippen LogP) is 0.970. The van der Waals surface area contributed by atoms with Crippen molar-refractivity contribution in [3.8, 4) is 5.88 Å². The molecule has 0 aliphatic heterocycles. The third-order valence-electron chi connectivity index (χ3n) is 1.46. The maximum atomic E-state index is 5.40.